The van der Waals surface area contributed by atoms with E-state index in [1.807, 2.05) is 56.3 Å². The molecule has 1 aliphatic heterocycles. The number of rotatable bonds is 11. The van der Waals surface area contributed by atoms with Crippen molar-refractivity contribution in [3.8, 4) is 28.4 Å². The molecule has 1 heterocycles. The predicted molar refractivity (Wildman–Crippen MR) is 171 cm³/mol. The van der Waals surface area contributed by atoms with E-state index < -0.39 is 29.1 Å². The minimum Gasteiger partial charge on any atom is -0.497 e. The number of benzene rings is 3. The molecular formula is C35H42N2O8. The van der Waals surface area contributed by atoms with Crippen LogP contribution in [0.15, 0.2) is 65.7 Å². The number of alkyl carbamates (subject to hydrolysis) is 1. The van der Waals surface area contributed by atoms with Crippen molar-refractivity contribution in [2.45, 2.75) is 52.8 Å². The lowest BCUT2D eigenvalue weighted by atomic mass is 9.93. The molecule has 0 saturated carbocycles. The number of ether oxygens (including phenoxy) is 6. The third kappa shape index (κ3) is 8.26. The number of aliphatic imine (C=N–C) groups is 1. The van der Waals surface area contributed by atoms with Crippen molar-refractivity contribution >= 4 is 18.0 Å². The quantitative estimate of drug-likeness (QED) is 0.243. The summed E-state index contributed by atoms with van der Waals surface area (Å²) in [6.45, 7) is 9.65. The van der Waals surface area contributed by atoms with Crippen LogP contribution in [-0.4, -0.2) is 58.0 Å². The molecule has 1 aliphatic rings. The molecule has 0 saturated heterocycles. The monoisotopic (exact) mass is 618 g/mol. The molecule has 0 fully saturated rings. The molecule has 1 atom stereocenters. The van der Waals surface area contributed by atoms with Gasteiger partial charge >= 0.3 is 12.1 Å². The molecule has 10 heteroatoms. The Morgan fingerprint density at radius 1 is 0.911 bits per heavy atom. The Morgan fingerprint density at radius 2 is 1.62 bits per heavy atom. The number of methoxy groups -OCH3 is 3. The van der Waals surface area contributed by atoms with Gasteiger partial charge in [-0.3, -0.25) is 4.79 Å². The van der Waals surface area contributed by atoms with Crippen LogP contribution in [0, 0.1) is 5.41 Å². The fourth-order valence-electron chi connectivity index (χ4n) is 4.68. The summed E-state index contributed by atoms with van der Waals surface area (Å²) < 4.78 is 34.4. The Kier molecular flexibility index (Phi) is 10.3. The number of nitrogens with zero attached hydrogens (tertiary/aromatic N) is 1. The molecule has 1 N–H and O–H groups in total. The lowest BCUT2D eigenvalue weighted by Crippen LogP contribution is -2.34. The zero-order valence-corrected chi connectivity index (χ0v) is 27.2. The molecule has 0 radical (unpaired) electrons. The highest BCUT2D eigenvalue weighted by Crippen LogP contribution is 2.44. The van der Waals surface area contributed by atoms with E-state index in [0.29, 0.717) is 52.0 Å². The van der Waals surface area contributed by atoms with Gasteiger partial charge < -0.3 is 33.7 Å². The van der Waals surface area contributed by atoms with Gasteiger partial charge in [-0.25, -0.2) is 9.79 Å². The number of carbonyl (C=O) groups excluding carboxylic acids is 2. The summed E-state index contributed by atoms with van der Waals surface area (Å²) in [4.78, 5) is 30.6. The summed E-state index contributed by atoms with van der Waals surface area (Å²) >= 11 is 0. The van der Waals surface area contributed by atoms with E-state index in [-0.39, 0.29) is 13.2 Å². The van der Waals surface area contributed by atoms with Crippen LogP contribution >= 0.6 is 0 Å². The van der Waals surface area contributed by atoms with Gasteiger partial charge in [-0.2, -0.15) is 0 Å². The molecule has 1 amide bonds. The highest BCUT2D eigenvalue weighted by atomic mass is 16.6. The largest absolute Gasteiger partial charge is 0.497 e. The normalized spacial score (nSPS) is 14.4. The third-order valence-electron chi connectivity index (χ3n) is 7.12. The summed E-state index contributed by atoms with van der Waals surface area (Å²) in [6.07, 6.45) is -0.660. The van der Waals surface area contributed by atoms with Crippen LogP contribution in [-0.2, 0) is 25.6 Å². The van der Waals surface area contributed by atoms with Crippen molar-refractivity contribution in [1.29, 1.82) is 0 Å². The minimum absolute atomic E-state index is 0.0832. The molecule has 240 valence electrons. The van der Waals surface area contributed by atoms with Crippen LogP contribution in [0.4, 0.5) is 4.79 Å². The second-order valence-electron chi connectivity index (χ2n) is 12.3. The molecule has 3 aromatic carbocycles. The zero-order chi connectivity index (χ0) is 32.8. The van der Waals surface area contributed by atoms with Crippen LogP contribution < -0.4 is 19.5 Å². The smallest absolute Gasteiger partial charge is 0.408 e. The van der Waals surface area contributed by atoms with Crippen molar-refractivity contribution in [3.05, 3.63) is 77.4 Å². The van der Waals surface area contributed by atoms with E-state index >= 15 is 0 Å². The summed E-state index contributed by atoms with van der Waals surface area (Å²) in [6, 6.07) is 17.7. The fraction of sp³-hybridized carbons (Fsp3) is 0.400. The van der Waals surface area contributed by atoms with Gasteiger partial charge in [0.1, 0.15) is 37.1 Å². The van der Waals surface area contributed by atoms with E-state index in [2.05, 4.69) is 5.32 Å². The van der Waals surface area contributed by atoms with Crippen LogP contribution in [0.25, 0.3) is 11.1 Å². The lowest BCUT2D eigenvalue weighted by Gasteiger charge is -2.24. The van der Waals surface area contributed by atoms with Gasteiger partial charge in [-0.1, -0.05) is 36.4 Å². The Balaban J connectivity index is 1.78. The Hall–Kier alpha value is -4.73. The first-order valence-corrected chi connectivity index (χ1v) is 14.7. The Bertz CT molecular complexity index is 1540. The summed E-state index contributed by atoms with van der Waals surface area (Å²) in [5.41, 5.74) is 2.29. The van der Waals surface area contributed by atoms with Gasteiger partial charge in [0.25, 0.3) is 0 Å². The maximum atomic E-state index is 13.0. The molecule has 0 aliphatic carbocycles. The van der Waals surface area contributed by atoms with E-state index in [0.717, 1.165) is 5.56 Å². The maximum absolute atomic E-state index is 13.0. The van der Waals surface area contributed by atoms with Crippen molar-refractivity contribution in [1.82, 2.24) is 5.32 Å². The highest BCUT2D eigenvalue weighted by Gasteiger charge is 2.32. The first kappa shape index (κ1) is 33.2. The topological polar surface area (TPSA) is 114 Å². The summed E-state index contributed by atoms with van der Waals surface area (Å²) in [7, 11) is 4.72. The second-order valence-corrected chi connectivity index (χ2v) is 12.3. The van der Waals surface area contributed by atoms with Gasteiger partial charge in [0, 0.05) is 17.2 Å². The summed E-state index contributed by atoms with van der Waals surface area (Å²) in [5.74, 6) is 1.64. The standard InChI is InChI=1S/C35H42N2O8/c1-34(2,3)32(38)43-20-27(36-33(39)44-19-22-12-10-9-11-13-22)23-14-15-28(41-7)25(16-23)30-26(31-37-35(4,5)21-45-31)17-24(40-6)18-29(30)42-8/h9-18,27H,19-21H2,1-8H3,(H,36,39)/t27-/m0/s1. The van der Waals surface area contributed by atoms with E-state index in [9.17, 15) is 9.59 Å². The molecule has 0 bridgehead atoms. The van der Waals surface area contributed by atoms with Crippen molar-refractivity contribution in [3.63, 3.8) is 0 Å². The number of carbonyl (C=O) groups is 2. The van der Waals surface area contributed by atoms with Gasteiger partial charge in [-0.15, -0.1) is 0 Å². The molecule has 0 unspecified atom stereocenters. The van der Waals surface area contributed by atoms with Gasteiger partial charge in [0.05, 0.1) is 43.9 Å². The van der Waals surface area contributed by atoms with Crippen LogP contribution in [0.3, 0.4) is 0 Å². The molecule has 3 aromatic rings. The molecule has 10 nitrogen and oxygen atoms in total. The second kappa shape index (κ2) is 13.9. The lowest BCUT2D eigenvalue weighted by molar-refractivity contribution is -0.153. The first-order valence-electron chi connectivity index (χ1n) is 14.7. The predicted octanol–water partition coefficient (Wildman–Crippen LogP) is 6.49. The Labute approximate surface area is 264 Å². The Morgan fingerprint density at radius 3 is 2.22 bits per heavy atom. The van der Waals surface area contributed by atoms with Gasteiger partial charge in [0.2, 0.25) is 5.90 Å². The van der Waals surface area contributed by atoms with Gasteiger partial charge in [0.15, 0.2) is 0 Å². The SMILES string of the molecule is COc1cc(OC)c(-c2cc([C@H](COC(=O)C(C)(C)C)NC(=O)OCc3ccccc3)ccc2OC)c(C2=NC(C)(C)CO2)c1. The van der Waals surface area contributed by atoms with Crippen molar-refractivity contribution < 1.29 is 38.0 Å². The third-order valence-corrected chi connectivity index (χ3v) is 7.12. The molecule has 4 rings (SSSR count). The average molecular weight is 619 g/mol. The first-order chi connectivity index (χ1) is 21.3. The van der Waals surface area contributed by atoms with E-state index in [1.165, 1.54) is 0 Å². The van der Waals surface area contributed by atoms with E-state index in [1.54, 1.807) is 60.3 Å². The molecular weight excluding hydrogens is 576 g/mol. The number of nitrogens with one attached hydrogen (secondary N) is 1. The number of hydrogen-bond acceptors (Lipinski definition) is 9. The minimum atomic E-state index is -0.754. The van der Waals surface area contributed by atoms with E-state index in [4.69, 9.17) is 33.4 Å². The van der Waals surface area contributed by atoms with Crippen molar-refractivity contribution in [2.75, 3.05) is 34.5 Å². The van der Waals surface area contributed by atoms with Crippen molar-refractivity contribution in [2.24, 2.45) is 10.4 Å². The fourth-order valence-corrected chi connectivity index (χ4v) is 4.68. The maximum Gasteiger partial charge on any atom is 0.408 e. The van der Waals surface area contributed by atoms with Gasteiger partial charge in [-0.05, 0) is 63.9 Å². The number of esters is 1. The van der Waals surface area contributed by atoms with Crippen LogP contribution in [0.2, 0.25) is 0 Å². The zero-order valence-electron chi connectivity index (χ0n) is 27.2. The molecule has 0 aromatic heterocycles. The van der Waals surface area contributed by atoms with Crippen LogP contribution in [0.1, 0.15) is 57.4 Å². The average Bonchev–Trinajstić information content (AvgIpc) is 3.40. The number of hydrogen-bond donors (Lipinski definition) is 1. The summed E-state index contributed by atoms with van der Waals surface area (Å²) in [5, 5.41) is 2.87. The number of amides is 1. The van der Waals surface area contributed by atoms with Crippen LogP contribution in [0.5, 0.6) is 17.2 Å². The molecule has 0 spiro atoms. The molecule has 45 heavy (non-hydrogen) atoms. The highest BCUT2D eigenvalue weighted by molar-refractivity contribution is 6.04.